The summed E-state index contributed by atoms with van der Waals surface area (Å²) in [6.07, 6.45) is 6.04. The van der Waals surface area contributed by atoms with E-state index >= 15 is 0 Å². The number of ether oxygens (including phenoxy) is 3. The van der Waals surface area contributed by atoms with E-state index in [9.17, 15) is 4.79 Å². The van der Waals surface area contributed by atoms with Crippen molar-refractivity contribution in [1.82, 2.24) is 9.78 Å². The van der Waals surface area contributed by atoms with Crippen LogP contribution in [0.15, 0.2) is 60.8 Å². The number of nitrogens with one attached hydrogen (secondary N) is 1. The van der Waals surface area contributed by atoms with Crippen LogP contribution in [-0.4, -0.2) is 36.5 Å². The van der Waals surface area contributed by atoms with E-state index in [4.69, 9.17) is 20.6 Å². The van der Waals surface area contributed by atoms with Crippen LogP contribution in [-0.2, 0) is 9.53 Å². The molecule has 1 heterocycles. The van der Waals surface area contributed by atoms with Gasteiger partial charge >= 0.3 is 0 Å². The first-order valence-electron chi connectivity index (χ1n) is 8.85. The van der Waals surface area contributed by atoms with Crippen LogP contribution in [0.2, 0.25) is 0 Å². The maximum absolute atomic E-state index is 12.9. The fraction of sp³-hybridized carbons (Fsp3) is 0.182. The number of anilines is 1. The monoisotopic (exact) mass is 391 g/mol. The van der Waals surface area contributed by atoms with Gasteiger partial charge in [0.15, 0.2) is 17.6 Å². The lowest BCUT2D eigenvalue weighted by molar-refractivity contribution is -0.127. The first-order valence-corrected chi connectivity index (χ1v) is 8.85. The van der Waals surface area contributed by atoms with E-state index in [1.165, 1.54) is 0 Å². The van der Waals surface area contributed by atoms with Gasteiger partial charge in [0.2, 0.25) is 0 Å². The van der Waals surface area contributed by atoms with Crippen molar-refractivity contribution in [3.63, 3.8) is 0 Å². The summed E-state index contributed by atoms with van der Waals surface area (Å²) >= 11 is 0. The lowest BCUT2D eigenvalue weighted by Crippen LogP contribution is -2.25. The van der Waals surface area contributed by atoms with E-state index in [-0.39, 0.29) is 12.5 Å². The molecule has 7 heteroatoms. The van der Waals surface area contributed by atoms with Crippen LogP contribution in [0.4, 0.5) is 5.82 Å². The topological polar surface area (TPSA) is 74.6 Å². The van der Waals surface area contributed by atoms with Crippen molar-refractivity contribution in [1.29, 1.82) is 0 Å². The zero-order valence-corrected chi connectivity index (χ0v) is 16.2. The van der Waals surface area contributed by atoms with Crippen molar-refractivity contribution in [2.24, 2.45) is 0 Å². The summed E-state index contributed by atoms with van der Waals surface area (Å²) in [5.74, 6) is 3.67. The predicted octanol–water partition coefficient (Wildman–Crippen LogP) is 3.22. The molecule has 148 valence electrons. The van der Waals surface area contributed by atoms with Crippen molar-refractivity contribution in [2.45, 2.75) is 6.10 Å². The maximum Gasteiger partial charge on any atom is 0.259 e. The zero-order valence-electron chi connectivity index (χ0n) is 16.2. The Morgan fingerprint density at radius 3 is 2.59 bits per heavy atom. The molecule has 0 fully saturated rings. The summed E-state index contributed by atoms with van der Waals surface area (Å²) in [4.78, 5) is 12.9. The minimum Gasteiger partial charge on any atom is -0.493 e. The number of rotatable bonds is 8. The number of amides is 1. The molecular formula is C22H21N3O4. The molecule has 0 radical (unpaired) electrons. The molecule has 29 heavy (non-hydrogen) atoms. The number of carbonyl (C=O) groups is 1. The van der Waals surface area contributed by atoms with Gasteiger partial charge in [-0.05, 0) is 17.7 Å². The predicted molar refractivity (Wildman–Crippen MR) is 109 cm³/mol. The SMILES string of the molecule is C#CCOC(C(=O)Nc1ccnn1-c1ccc(OC)c(OC)c1)c1ccccc1. The Balaban J connectivity index is 1.87. The third-order valence-corrected chi connectivity index (χ3v) is 4.18. The average molecular weight is 391 g/mol. The van der Waals surface area contributed by atoms with Crippen molar-refractivity contribution in [3.05, 3.63) is 66.4 Å². The van der Waals surface area contributed by atoms with Crippen LogP contribution in [0.3, 0.4) is 0 Å². The summed E-state index contributed by atoms with van der Waals surface area (Å²) in [5.41, 5.74) is 1.40. The molecule has 1 amide bonds. The van der Waals surface area contributed by atoms with E-state index in [1.807, 2.05) is 36.4 Å². The Hall–Kier alpha value is -3.76. The standard InChI is InChI=1S/C22H21N3O4/c1-4-14-29-21(16-8-6-5-7-9-16)22(26)24-20-12-13-23-25(20)17-10-11-18(27-2)19(15-17)28-3/h1,5-13,15,21H,14H2,2-3H3,(H,24,26). The van der Waals surface area contributed by atoms with Crippen LogP contribution >= 0.6 is 0 Å². The number of nitrogens with zero attached hydrogens (tertiary/aromatic N) is 2. The molecule has 0 aliphatic carbocycles. The number of hydrogen-bond donors (Lipinski definition) is 1. The summed E-state index contributed by atoms with van der Waals surface area (Å²) < 4.78 is 17.8. The average Bonchev–Trinajstić information content (AvgIpc) is 3.22. The molecule has 2 aromatic carbocycles. The van der Waals surface area contributed by atoms with Gasteiger partial charge in [-0.1, -0.05) is 36.3 Å². The zero-order chi connectivity index (χ0) is 20.6. The Morgan fingerprint density at radius 2 is 1.90 bits per heavy atom. The fourth-order valence-electron chi connectivity index (χ4n) is 2.83. The number of aromatic nitrogens is 2. The lowest BCUT2D eigenvalue weighted by atomic mass is 10.1. The van der Waals surface area contributed by atoms with Gasteiger partial charge in [0, 0.05) is 12.1 Å². The third kappa shape index (κ3) is 4.57. The first kappa shape index (κ1) is 20.0. The van der Waals surface area contributed by atoms with Crippen LogP contribution in [0.5, 0.6) is 11.5 Å². The third-order valence-electron chi connectivity index (χ3n) is 4.18. The summed E-state index contributed by atoms with van der Waals surface area (Å²) in [6.45, 7) is 0.0158. The Morgan fingerprint density at radius 1 is 1.14 bits per heavy atom. The molecule has 0 spiro atoms. The highest BCUT2D eigenvalue weighted by Gasteiger charge is 2.22. The second-order valence-electron chi connectivity index (χ2n) is 5.96. The number of terminal acetylenes is 1. The Kier molecular flexibility index (Phi) is 6.51. The van der Waals surface area contributed by atoms with Gasteiger partial charge in [-0.3, -0.25) is 4.79 Å². The van der Waals surface area contributed by atoms with Gasteiger partial charge in [-0.25, -0.2) is 4.68 Å². The highest BCUT2D eigenvalue weighted by Crippen LogP contribution is 2.30. The molecule has 1 atom stereocenters. The van der Waals surface area contributed by atoms with Gasteiger partial charge in [0.25, 0.3) is 5.91 Å². The Bertz CT molecular complexity index is 1010. The molecular weight excluding hydrogens is 370 g/mol. The molecule has 0 bridgehead atoms. The van der Waals surface area contributed by atoms with Crippen LogP contribution in [0, 0.1) is 12.3 Å². The normalized spacial score (nSPS) is 11.3. The fourth-order valence-corrected chi connectivity index (χ4v) is 2.83. The highest BCUT2D eigenvalue weighted by atomic mass is 16.5. The van der Waals surface area contributed by atoms with Crippen LogP contribution in [0.25, 0.3) is 5.69 Å². The second kappa shape index (κ2) is 9.44. The van der Waals surface area contributed by atoms with Gasteiger partial charge in [0.1, 0.15) is 12.4 Å². The molecule has 0 aliphatic heterocycles. The minimum atomic E-state index is -0.846. The molecule has 1 unspecified atom stereocenters. The molecule has 0 saturated carbocycles. The Labute approximate surface area is 169 Å². The number of methoxy groups -OCH3 is 2. The largest absolute Gasteiger partial charge is 0.493 e. The highest BCUT2D eigenvalue weighted by molar-refractivity contribution is 5.94. The number of carbonyl (C=O) groups excluding carboxylic acids is 1. The summed E-state index contributed by atoms with van der Waals surface area (Å²) in [7, 11) is 3.12. The summed E-state index contributed by atoms with van der Waals surface area (Å²) in [5, 5.41) is 7.16. The minimum absolute atomic E-state index is 0.0158. The molecule has 3 aromatic rings. The number of hydrogen-bond acceptors (Lipinski definition) is 5. The molecule has 0 saturated heterocycles. The lowest BCUT2D eigenvalue weighted by Gasteiger charge is -2.17. The first-order chi connectivity index (χ1) is 14.2. The molecule has 0 aliphatic rings. The van der Waals surface area contributed by atoms with E-state index in [2.05, 4.69) is 16.3 Å². The van der Waals surface area contributed by atoms with E-state index in [0.717, 1.165) is 0 Å². The van der Waals surface area contributed by atoms with E-state index < -0.39 is 6.10 Å². The van der Waals surface area contributed by atoms with Gasteiger partial charge in [-0.2, -0.15) is 5.10 Å². The van der Waals surface area contributed by atoms with E-state index in [1.54, 1.807) is 43.3 Å². The number of benzene rings is 2. The quantitative estimate of drug-likeness (QED) is 0.597. The van der Waals surface area contributed by atoms with Gasteiger partial charge in [0.05, 0.1) is 26.1 Å². The van der Waals surface area contributed by atoms with Crippen molar-refractivity contribution in [3.8, 4) is 29.5 Å². The summed E-state index contributed by atoms with van der Waals surface area (Å²) in [6, 6.07) is 16.2. The van der Waals surface area contributed by atoms with Gasteiger partial charge in [-0.15, -0.1) is 6.42 Å². The molecule has 1 aromatic heterocycles. The molecule has 1 N–H and O–H groups in total. The van der Waals surface area contributed by atoms with Crippen molar-refractivity contribution in [2.75, 3.05) is 26.1 Å². The molecule has 3 rings (SSSR count). The van der Waals surface area contributed by atoms with E-state index in [0.29, 0.717) is 28.6 Å². The van der Waals surface area contributed by atoms with Crippen molar-refractivity contribution < 1.29 is 19.0 Å². The van der Waals surface area contributed by atoms with Crippen LogP contribution in [0.1, 0.15) is 11.7 Å². The maximum atomic E-state index is 12.9. The van der Waals surface area contributed by atoms with Crippen molar-refractivity contribution >= 4 is 11.7 Å². The van der Waals surface area contributed by atoms with Gasteiger partial charge < -0.3 is 19.5 Å². The molecule has 7 nitrogen and oxygen atoms in total. The second-order valence-corrected chi connectivity index (χ2v) is 5.96. The smallest absolute Gasteiger partial charge is 0.259 e. The van der Waals surface area contributed by atoms with Crippen LogP contribution < -0.4 is 14.8 Å².